The number of carbonyl (C=O) groups excluding carboxylic acids is 2. The van der Waals surface area contributed by atoms with Gasteiger partial charge in [-0.15, -0.1) is 0 Å². The Labute approximate surface area is 236 Å². The molecule has 0 saturated carbocycles. The predicted octanol–water partition coefficient (Wildman–Crippen LogP) is 4.97. The van der Waals surface area contributed by atoms with Crippen molar-refractivity contribution in [2.24, 2.45) is 0 Å². The van der Waals surface area contributed by atoms with Crippen LogP contribution < -0.4 is 9.62 Å². The van der Waals surface area contributed by atoms with E-state index in [1.807, 2.05) is 81.4 Å². The summed E-state index contributed by atoms with van der Waals surface area (Å²) in [6.07, 6.45) is 1.32. The highest BCUT2D eigenvalue weighted by Gasteiger charge is 2.34. The zero-order valence-corrected chi connectivity index (χ0v) is 24.6. The van der Waals surface area contributed by atoms with E-state index in [1.165, 1.54) is 4.90 Å². The second-order valence-corrected chi connectivity index (χ2v) is 13.0. The summed E-state index contributed by atoms with van der Waals surface area (Å²) >= 11 is 6.10. The van der Waals surface area contributed by atoms with E-state index in [9.17, 15) is 18.0 Å². The van der Waals surface area contributed by atoms with Gasteiger partial charge in [-0.3, -0.25) is 13.9 Å². The monoisotopic (exact) mass is 569 g/mol. The second-order valence-electron chi connectivity index (χ2n) is 10.7. The number of sulfonamides is 1. The first-order valence-corrected chi connectivity index (χ1v) is 14.9. The lowest BCUT2D eigenvalue weighted by Gasteiger charge is -2.35. The fourth-order valence-corrected chi connectivity index (χ4v) is 5.41. The molecule has 3 aromatic rings. The molecule has 0 aromatic heterocycles. The van der Waals surface area contributed by atoms with Crippen LogP contribution in [0.3, 0.4) is 0 Å². The van der Waals surface area contributed by atoms with Crippen LogP contribution in [-0.4, -0.2) is 49.5 Å². The van der Waals surface area contributed by atoms with E-state index in [1.54, 1.807) is 25.1 Å². The van der Waals surface area contributed by atoms with E-state index in [-0.39, 0.29) is 18.9 Å². The number of hydrogen-bond acceptors (Lipinski definition) is 4. The van der Waals surface area contributed by atoms with Crippen molar-refractivity contribution in [2.75, 3.05) is 17.1 Å². The highest BCUT2D eigenvalue weighted by Crippen LogP contribution is 2.26. The molecule has 3 aromatic carbocycles. The van der Waals surface area contributed by atoms with Gasteiger partial charge in [-0.05, 0) is 62.6 Å². The molecule has 2 amide bonds. The highest BCUT2D eigenvalue weighted by atomic mass is 35.5. The number of halogens is 1. The molecule has 9 heteroatoms. The minimum absolute atomic E-state index is 0.131. The average molecular weight is 570 g/mol. The number of benzene rings is 3. The van der Waals surface area contributed by atoms with E-state index < -0.39 is 34.1 Å². The number of carbonyl (C=O) groups is 2. The lowest BCUT2D eigenvalue weighted by atomic mass is 10.0. The molecule has 0 aliphatic heterocycles. The van der Waals surface area contributed by atoms with Crippen molar-refractivity contribution in [3.8, 4) is 0 Å². The van der Waals surface area contributed by atoms with Crippen LogP contribution in [0.25, 0.3) is 0 Å². The molecule has 0 saturated heterocycles. The predicted molar refractivity (Wildman–Crippen MR) is 157 cm³/mol. The Morgan fingerprint density at radius 3 is 2.00 bits per heavy atom. The lowest BCUT2D eigenvalue weighted by molar-refractivity contribution is -0.140. The summed E-state index contributed by atoms with van der Waals surface area (Å²) in [4.78, 5) is 29.2. The van der Waals surface area contributed by atoms with Crippen LogP contribution >= 0.6 is 11.6 Å². The Morgan fingerprint density at radius 2 is 1.49 bits per heavy atom. The van der Waals surface area contributed by atoms with Crippen molar-refractivity contribution in [1.29, 1.82) is 0 Å². The minimum atomic E-state index is -3.85. The maximum absolute atomic E-state index is 14.1. The number of anilines is 1. The fraction of sp³-hybridized carbons (Fsp3) is 0.333. The largest absolute Gasteiger partial charge is 0.350 e. The Kier molecular flexibility index (Phi) is 9.80. The summed E-state index contributed by atoms with van der Waals surface area (Å²) in [5, 5.41) is 3.47. The summed E-state index contributed by atoms with van der Waals surface area (Å²) in [5.41, 5.74) is 2.13. The van der Waals surface area contributed by atoms with E-state index >= 15 is 0 Å². The molecule has 0 aliphatic rings. The Bertz CT molecular complexity index is 1390. The second kappa shape index (κ2) is 12.7. The Hall–Kier alpha value is -3.36. The first-order valence-electron chi connectivity index (χ1n) is 12.7. The Balaban J connectivity index is 2.07. The van der Waals surface area contributed by atoms with Crippen molar-refractivity contribution < 1.29 is 18.0 Å². The third kappa shape index (κ3) is 8.83. The summed E-state index contributed by atoms with van der Waals surface area (Å²) in [6.45, 7) is 7.03. The first-order chi connectivity index (χ1) is 18.2. The number of aryl methyl sites for hydroxylation is 1. The van der Waals surface area contributed by atoms with E-state index in [0.29, 0.717) is 16.3 Å². The van der Waals surface area contributed by atoms with Gasteiger partial charge in [0.2, 0.25) is 21.8 Å². The van der Waals surface area contributed by atoms with Crippen LogP contribution in [0.5, 0.6) is 0 Å². The van der Waals surface area contributed by atoms with Crippen LogP contribution in [0.15, 0.2) is 78.9 Å². The normalized spacial score (nSPS) is 12.5. The van der Waals surface area contributed by atoms with Crippen LogP contribution in [0.4, 0.5) is 5.69 Å². The fourth-order valence-electron chi connectivity index (χ4n) is 4.28. The number of amides is 2. The Morgan fingerprint density at radius 1 is 0.923 bits per heavy atom. The molecular formula is C30H36ClN3O4S. The molecular weight excluding hydrogens is 534 g/mol. The zero-order valence-electron chi connectivity index (χ0n) is 23.0. The molecule has 1 N–H and O–H groups in total. The molecule has 7 nitrogen and oxygen atoms in total. The third-order valence-corrected chi connectivity index (χ3v) is 7.43. The maximum Gasteiger partial charge on any atom is 0.244 e. The molecule has 0 fully saturated rings. The summed E-state index contributed by atoms with van der Waals surface area (Å²) in [5.74, 6) is -0.812. The SMILES string of the molecule is Cc1cc(Cl)ccc1N(CC(=O)N(Cc1ccccc1)[C@@H](Cc1ccccc1)C(=O)NC(C)(C)C)S(C)(=O)=O. The van der Waals surface area contributed by atoms with Crippen molar-refractivity contribution in [2.45, 2.75) is 52.2 Å². The smallest absolute Gasteiger partial charge is 0.244 e. The van der Waals surface area contributed by atoms with Crippen LogP contribution in [0.1, 0.15) is 37.5 Å². The highest BCUT2D eigenvalue weighted by molar-refractivity contribution is 7.92. The molecule has 39 heavy (non-hydrogen) atoms. The zero-order chi connectivity index (χ0) is 28.8. The molecule has 208 valence electrons. The third-order valence-electron chi connectivity index (χ3n) is 6.07. The van der Waals surface area contributed by atoms with Crippen LogP contribution in [0.2, 0.25) is 5.02 Å². The molecule has 1 atom stereocenters. The quantitative estimate of drug-likeness (QED) is 0.373. The lowest BCUT2D eigenvalue weighted by Crippen LogP contribution is -2.56. The number of rotatable bonds is 10. The van der Waals surface area contributed by atoms with Crippen molar-refractivity contribution in [1.82, 2.24) is 10.2 Å². The van der Waals surface area contributed by atoms with Gasteiger partial charge in [0.25, 0.3) is 0 Å². The number of nitrogens with one attached hydrogen (secondary N) is 1. The number of nitrogens with zero attached hydrogens (tertiary/aromatic N) is 2. The maximum atomic E-state index is 14.1. The standard InChI is InChI=1S/C30H36ClN3O4S/c1-22-18-25(31)16-17-26(22)34(39(5,37)38)21-28(35)33(20-24-14-10-7-11-15-24)27(29(36)32-30(2,3)4)19-23-12-8-6-9-13-23/h6-18,27H,19-21H2,1-5H3,(H,32,36)/t27-/m0/s1. The van der Waals surface area contributed by atoms with Crippen molar-refractivity contribution >= 4 is 39.1 Å². The van der Waals surface area contributed by atoms with Gasteiger partial charge in [-0.25, -0.2) is 8.42 Å². The van der Waals surface area contributed by atoms with Crippen molar-refractivity contribution in [3.05, 3.63) is 101 Å². The van der Waals surface area contributed by atoms with Gasteiger partial charge >= 0.3 is 0 Å². The van der Waals surface area contributed by atoms with Gasteiger partial charge in [-0.1, -0.05) is 72.3 Å². The first kappa shape index (κ1) is 30.2. The summed E-state index contributed by atoms with van der Waals surface area (Å²) in [6, 6.07) is 22.7. The minimum Gasteiger partial charge on any atom is -0.350 e. The van der Waals surface area contributed by atoms with E-state index in [4.69, 9.17) is 11.6 Å². The summed E-state index contributed by atoms with van der Waals surface area (Å²) in [7, 11) is -3.85. The molecule has 3 rings (SSSR count). The van der Waals surface area contributed by atoms with Gasteiger partial charge in [0.15, 0.2) is 0 Å². The molecule has 0 aliphatic carbocycles. The van der Waals surface area contributed by atoms with Crippen LogP contribution in [-0.2, 0) is 32.6 Å². The van der Waals surface area contributed by atoms with Gasteiger partial charge in [0.1, 0.15) is 12.6 Å². The molecule has 0 heterocycles. The topological polar surface area (TPSA) is 86.8 Å². The van der Waals surface area contributed by atoms with E-state index in [0.717, 1.165) is 21.7 Å². The van der Waals surface area contributed by atoms with Crippen LogP contribution in [0, 0.1) is 6.92 Å². The van der Waals surface area contributed by atoms with Gasteiger partial charge in [0, 0.05) is 23.5 Å². The average Bonchev–Trinajstić information content (AvgIpc) is 2.84. The summed E-state index contributed by atoms with van der Waals surface area (Å²) < 4.78 is 26.9. The molecule has 0 unspecified atom stereocenters. The van der Waals surface area contributed by atoms with Gasteiger partial charge in [-0.2, -0.15) is 0 Å². The molecule has 0 bridgehead atoms. The number of hydrogen-bond donors (Lipinski definition) is 1. The van der Waals surface area contributed by atoms with Gasteiger partial charge < -0.3 is 10.2 Å². The molecule has 0 spiro atoms. The van der Waals surface area contributed by atoms with Crippen molar-refractivity contribution in [3.63, 3.8) is 0 Å². The van der Waals surface area contributed by atoms with Gasteiger partial charge in [0.05, 0.1) is 11.9 Å². The molecule has 0 radical (unpaired) electrons. The van der Waals surface area contributed by atoms with E-state index in [2.05, 4.69) is 5.32 Å².